The van der Waals surface area contributed by atoms with E-state index in [1.807, 2.05) is 6.07 Å². The third-order valence-electron chi connectivity index (χ3n) is 3.11. The van der Waals surface area contributed by atoms with Crippen LogP contribution >= 0.6 is 0 Å². The van der Waals surface area contributed by atoms with Gasteiger partial charge in [0.15, 0.2) is 0 Å². The summed E-state index contributed by atoms with van der Waals surface area (Å²) in [6, 6.07) is 7.47. The highest BCUT2D eigenvalue weighted by Crippen LogP contribution is 2.45. The molecule has 0 aromatic heterocycles. The van der Waals surface area contributed by atoms with E-state index in [0.29, 0.717) is 11.5 Å². The highest BCUT2D eigenvalue weighted by Gasteiger charge is 2.43. The van der Waals surface area contributed by atoms with Gasteiger partial charge in [0.25, 0.3) is 0 Å². The Kier molecular flexibility index (Phi) is 1.85. The maximum Gasteiger partial charge on any atom is 0.491 e. The Labute approximate surface area is 88.4 Å². The molecule has 1 aliphatic heterocycles. The third-order valence-corrected chi connectivity index (χ3v) is 3.11. The minimum absolute atomic E-state index is 0.00306. The molecule has 0 radical (unpaired) electrons. The molecule has 4 heteroatoms. The van der Waals surface area contributed by atoms with Gasteiger partial charge in [0, 0.05) is 0 Å². The van der Waals surface area contributed by atoms with Crippen molar-refractivity contribution in [3.8, 4) is 6.07 Å². The van der Waals surface area contributed by atoms with Gasteiger partial charge in [0.1, 0.15) is 0 Å². The predicted molar refractivity (Wildman–Crippen MR) is 55.3 cm³/mol. The summed E-state index contributed by atoms with van der Waals surface area (Å²) in [6.07, 6.45) is 2.32. The molecule has 1 aliphatic carbocycles. The molecular weight excluding hydrogens is 189 g/mol. The van der Waals surface area contributed by atoms with Gasteiger partial charge >= 0.3 is 7.12 Å². The molecule has 1 fully saturated rings. The van der Waals surface area contributed by atoms with Gasteiger partial charge < -0.3 is 9.68 Å². The Morgan fingerprint density at radius 3 is 2.93 bits per heavy atom. The summed E-state index contributed by atoms with van der Waals surface area (Å²) < 4.78 is 5.50. The molecule has 0 bridgehead atoms. The largest absolute Gasteiger partial charge is 0.491 e. The Bertz CT molecular complexity index is 450. The van der Waals surface area contributed by atoms with Gasteiger partial charge in [-0.15, -0.1) is 0 Å². The van der Waals surface area contributed by atoms with E-state index in [0.717, 1.165) is 23.9 Å². The van der Waals surface area contributed by atoms with Crippen LogP contribution in [0.5, 0.6) is 0 Å². The number of rotatable bonds is 1. The molecule has 1 heterocycles. The van der Waals surface area contributed by atoms with Crippen LogP contribution in [0.2, 0.25) is 0 Å². The Morgan fingerprint density at radius 1 is 1.47 bits per heavy atom. The van der Waals surface area contributed by atoms with Gasteiger partial charge in [-0.1, -0.05) is 6.07 Å². The Hall–Kier alpha value is -1.31. The minimum Gasteiger partial charge on any atom is -0.423 e. The van der Waals surface area contributed by atoms with Crippen LogP contribution in [0.1, 0.15) is 30.1 Å². The Balaban J connectivity index is 2.06. The molecule has 2 aliphatic rings. The van der Waals surface area contributed by atoms with E-state index in [4.69, 9.17) is 9.92 Å². The van der Waals surface area contributed by atoms with E-state index in [1.54, 1.807) is 12.1 Å². The lowest BCUT2D eigenvalue weighted by Gasteiger charge is -2.10. The second kappa shape index (κ2) is 3.09. The van der Waals surface area contributed by atoms with Crippen molar-refractivity contribution in [3.63, 3.8) is 0 Å². The molecule has 1 N–H and O–H groups in total. The summed E-state index contributed by atoms with van der Waals surface area (Å²) in [4.78, 5) is 0. The second-order valence-corrected chi connectivity index (χ2v) is 4.20. The molecular formula is C11H10BNO2. The number of hydrogen-bond acceptors (Lipinski definition) is 3. The quantitative estimate of drug-likeness (QED) is 0.678. The van der Waals surface area contributed by atoms with Crippen LogP contribution < -0.4 is 5.46 Å². The van der Waals surface area contributed by atoms with E-state index in [2.05, 4.69) is 6.07 Å². The van der Waals surface area contributed by atoms with E-state index >= 15 is 0 Å². The van der Waals surface area contributed by atoms with Crippen molar-refractivity contribution in [3.05, 3.63) is 29.3 Å². The lowest BCUT2D eigenvalue weighted by molar-refractivity contribution is 0.169. The van der Waals surface area contributed by atoms with Gasteiger partial charge in [-0.3, -0.25) is 0 Å². The summed E-state index contributed by atoms with van der Waals surface area (Å²) >= 11 is 0. The summed E-state index contributed by atoms with van der Waals surface area (Å²) in [5.74, 6) is 0.537. The zero-order chi connectivity index (χ0) is 10.4. The highest BCUT2D eigenvalue weighted by molar-refractivity contribution is 6.61. The normalized spacial score (nSPS) is 23.7. The topological polar surface area (TPSA) is 53.2 Å². The van der Waals surface area contributed by atoms with Crippen molar-refractivity contribution in [2.24, 2.45) is 5.92 Å². The van der Waals surface area contributed by atoms with Crippen LogP contribution in [-0.2, 0) is 4.65 Å². The van der Waals surface area contributed by atoms with Crippen molar-refractivity contribution in [2.75, 3.05) is 0 Å². The standard InChI is InChI=1S/C11H10BNO2/c13-6-7-1-4-10-9(5-7)11(8-2-3-8)15-12(10)14/h1,4-5,8,11,14H,2-3H2. The van der Waals surface area contributed by atoms with E-state index in [-0.39, 0.29) is 6.10 Å². The molecule has 3 nitrogen and oxygen atoms in total. The fourth-order valence-electron chi connectivity index (χ4n) is 2.17. The fourth-order valence-corrected chi connectivity index (χ4v) is 2.17. The summed E-state index contributed by atoms with van der Waals surface area (Å²) in [7, 11) is -0.807. The average Bonchev–Trinajstić information content (AvgIpc) is 3.04. The number of hydrogen-bond donors (Lipinski definition) is 1. The molecule has 1 atom stereocenters. The zero-order valence-corrected chi connectivity index (χ0v) is 8.18. The molecule has 0 amide bonds. The lowest BCUT2D eigenvalue weighted by atomic mass is 9.78. The number of nitrogens with zero attached hydrogens (tertiary/aromatic N) is 1. The van der Waals surface area contributed by atoms with Gasteiger partial charge in [0.2, 0.25) is 0 Å². The van der Waals surface area contributed by atoms with Crippen LogP contribution in [-0.4, -0.2) is 12.1 Å². The first-order valence-electron chi connectivity index (χ1n) is 5.17. The van der Waals surface area contributed by atoms with Crippen molar-refractivity contribution in [2.45, 2.75) is 18.9 Å². The van der Waals surface area contributed by atoms with Crippen molar-refractivity contribution in [1.29, 1.82) is 5.26 Å². The third kappa shape index (κ3) is 1.36. The molecule has 74 valence electrons. The fraction of sp³-hybridized carbons (Fsp3) is 0.364. The maximum atomic E-state index is 9.69. The van der Waals surface area contributed by atoms with E-state index < -0.39 is 7.12 Å². The van der Waals surface area contributed by atoms with Crippen molar-refractivity contribution < 1.29 is 9.68 Å². The zero-order valence-electron chi connectivity index (χ0n) is 8.18. The summed E-state index contributed by atoms with van der Waals surface area (Å²) in [5, 5.41) is 18.5. The Morgan fingerprint density at radius 2 is 2.27 bits per heavy atom. The number of nitriles is 1. The molecule has 0 spiro atoms. The van der Waals surface area contributed by atoms with Crippen LogP contribution in [0.25, 0.3) is 0 Å². The SMILES string of the molecule is N#Cc1ccc2c(c1)C(C1CC1)OB2O. The minimum atomic E-state index is -0.807. The lowest BCUT2D eigenvalue weighted by Crippen LogP contribution is -2.27. The number of benzene rings is 1. The number of fused-ring (bicyclic) bond motifs is 1. The highest BCUT2D eigenvalue weighted by atomic mass is 16.5. The molecule has 15 heavy (non-hydrogen) atoms. The molecule has 1 aromatic carbocycles. The van der Waals surface area contributed by atoms with Crippen molar-refractivity contribution >= 4 is 12.6 Å². The van der Waals surface area contributed by atoms with Crippen LogP contribution in [0, 0.1) is 17.2 Å². The summed E-state index contributed by atoms with van der Waals surface area (Å²) in [6.45, 7) is 0. The second-order valence-electron chi connectivity index (χ2n) is 4.20. The van der Waals surface area contributed by atoms with Crippen LogP contribution in [0.3, 0.4) is 0 Å². The van der Waals surface area contributed by atoms with Gasteiger partial charge in [-0.2, -0.15) is 5.26 Å². The monoisotopic (exact) mass is 199 g/mol. The van der Waals surface area contributed by atoms with E-state index in [1.165, 1.54) is 0 Å². The van der Waals surface area contributed by atoms with Gasteiger partial charge in [0.05, 0.1) is 17.7 Å². The molecule has 0 saturated heterocycles. The molecule has 1 unspecified atom stereocenters. The van der Waals surface area contributed by atoms with Crippen LogP contribution in [0.4, 0.5) is 0 Å². The van der Waals surface area contributed by atoms with Crippen LogP contribution in [0.15, 0.2) is 18.2 Å². The smallest absolute Gasteiger partial charge is 0.423 e. The molecule has 1 aromatic rings. The maximum absolute atomic E-state index is 9.69. The van der Waals surface area contributed by atoms with Gasteiger partial charge in [-0.05, 0) is 41.9 Å². The van der Waals surface area contributed by atoms with E-state index in [9.17, 15) is 5.02 Å². The molecule has 1 saturated carbocycles. The predicted octanol–water partition coefficient (Wildman–Crippen LogP) is 0.727. The summed E-state index contributed by atoms with van der Waals surface area (Å²) in [5.41, 5.74) is 2.46. The first kappa shape index (κ1) is 8.96. The average molecular weight is 199 g/mol. The van der Waals surface area contributed by atoms with Gasteiger partial charge in [-0.25, -0.2) is 0 Å². The van der Waals surface area contributed by atoms with Crippen molar-refractivity contribution in [1.82, 2.24) is 0 Å². The first-order valence-corrected chi connectivity index (χ1v) is 5.17. The first-order chi connectivity index (χ1) is 7.29. The molecule has 3 rings (SSSR count).